The minimum Gasteiger partial charge on any atom is -0.374 e. The summed E-state index contributed by atoms with van der Waals surface area (Å²) in [6, 6.07) is 9.22. The second kappa shape index (κ2) is 8.36. The fraction of sp³-hybridized carbons (Fsp3) is 0.364. The molecule has 2 amide bonds. The Kier molecular flexibility index (Phi) is 5.99. The number of nitrogens with one attached hydrogen (secondary N) is 1. The quantitative estimate of drug-likeness (QED) is 0.537. The average Bonchev–Trinajstić information content (AvgIpc) is 3.18. The third kappa shape index (κ3) is 4.24. The Morgan fingerprint density at radius 1 is 1.12 bits per heavy atom. The molecule has 0 saturated carbocycles. The molecule has 1 N–H and O–H groups in total. The second-order valence-electron chi connectivity index (χ2n) is 8.02. The lowest BCUT2D eigenvalue weighted by molar-refractivity contribution is -0.275. The molecule has 2 heterocycles. The molecule has 1 fully saturated rings. The molecule has 2 aromatic carbocycles. The van der Waals surface area contributed by atoms with E-state index in [9.17, 15) is 18.0 Å². The normalized spacial score (nSPS) is 21.8. The van der Waals surface area contributed by atoms with Crippen molar-refractivity contribution in [2.24, 2.45) is 5.16 Å². The third-order valence-corrected chi connectivity index (χ3v) is 6.18. The summed E-state index contributed by atoms with van der Waals surface area (Å²) < 4.78 is 57.5. The number of hydrogen-bond acceptors (Lipinski definition) is 3. The van der Waals surface area contributed by atoms with Gasteiger partial charge in [-0.3, -0.25) is 0 Å². The first-order chi connectivity index (χ1) is 15.5. The fourth-order valence-corrected chi connectivity index (χ4v) is 4.48. The molecule has 5 nitrogen and oxygen atoms in total. The zero-order chi connectivity index (χ0) is 24.0. The maximum atomic E-state index is 15.1. The van der Waals surface area contributed by atoms with Gasteiger partial charge in [-0.25, -0.2) is 9.18 Å². The molecule has 2 aromatic rings. The molecule has 1 atom stereocenters. The average molecular weight is 504 g/mol. The molecule has 0 radical (unpaired) electrons. The Morgan fingerprint density at radius 3 is 2.27 bits per heavy atom. The SMILES string of the molecule is CCNC(=O)N1CC(F)(c2ccc(C3=NOC(c4cc(Cl)cc(Cl)c4)(C(F)(F)F)C3)cc2)C1. The highest BCUT2D eigenvalue weighted by Crippen LogP contribution is 2.49. The van der Waals surface area contributed by atoms with Gasteiger partial charge in [0, 0.05) is 28.6 Å². The van der Waals surface area contributed by atoms with Crippen LogP contribution in [0.5, 0.6) is 0 Å². The smallest absolute Gasteiger partial charge is 0.374 e. The van der Waals surface area contributed by atoms with Crippen LogP contribution in [-0.2, 0) is 16.1 Å². The van der Waals surface area contributed by atoms with Crippen molar-refractivity contribution < 1.29 is 27.2 Å². The predicted octanol–water partition coefficient (Wildman–Crippen LogP) is 5.79. The number of halogens is 6. The number of carbonyl (C=O) groups is 1. The second-order valence-corrected chi connectivity index (χ2v) is 8.90. The van der Waals surface area contributed by atoms with Crippen molar-refractivity contribution in [2.75, 3.05) is 19.6 Å². The van der Waals surface area contributed by atoms with Crippen LogP contribution in [0.1, 0.15) is 30.0 Å². The van der Waals surface area contributed by atoms with Gasteiger partial charge in [-0.15, -0.1) is 0 Å². The molecule has 11 heteroatoms. The lowest BCUT2D eigenvalue weighted by Crippen LogP contribution is -2.61. The summed E-state index contributed by atoms with van der Waals surface area (Å²) >= 11 is 11.8. The number of rotatable bonds is 4. The van der Waals surface area contributed by atoms with Gasteiger partial charge in [-0.05, 0) is 36.2 Å². The minimum absolute atomic E-state index is 0.0398. The van der Waals surface area contributed by atoms with Crippen LogP contribution >= 0.6 is 23.2 Å². The molecule has 33 heavy (non-hydrogen) atoms. The minimum atomic E-state index is -4.80. The van der Waals surface area contributed by atoms with Gasteiger partial charge in [-0.2, -0.15) is 13.2 Å². The van der Waals surface area contributed by atoms with E-state index in [1.807, 2.05) is 0 Å². The molecule has 0 bridgehead atoms. The van der Waals surface area contributed by atoms with Gasteiger partial charge < -0.3 is 15.1 Å². The van der Waals surface area contributed by atoms with Crippen molar-refractivity contribution in [1.82, 2.24) is 10.2 Å². The highest BCUT2D eigenvalue weighted by molar-refractivity contribution is 6.34. The number of nitrogens with zero attached hydrogens (tertiary/aromatic N) is 2. The van der Waals surface area contributed by atoms with E-state index in [4.69, 9.17) is 28.0 Å². The molecular formula is C22H19Cl2F4N3O2. The zero-order valence-electron chi connectivity index (χ0n) is 17.3. The molecule has 2 aliphatic heterocycles. The molecule has 0 aliphatic carbocycles. The topological polar surface area (TPSA) is 53.9 Å². The van der Waals surface area contributed by atoms with E-state index in [0.717, 1.165) is 12.1 Å². The van der Waals surface area contributed by atoms with E-state index in [1.54, 1.807) is 6.92 Å². The van der Waals surface area contributed by atoms with Crippen LogP contribution in [0.3, 0.4) is 0 Å². The van der Waals surface area contributed by atoms with Crippen LogP contribution in [0.2, 0.25) is 10.0 Å². The van der Waals surface area contributed by atoms with Gasteiger partial charge in [-0.1, -0.05) is 52.6 Å². The maximum absolute atomic E-state index is 15.1. The molecule has 0 aromatic heterocycles. The standard InChI is InChI=1S/C22H19Cl2F4N3O2/c1-2-29-19(32)31-11-20(25,12-31)14-5-3-13(4-6-14)18-10-21(33-30-18,22(26,27)28)15-7-16(23)9-17(24)8-15/h3-9H,2,10-12H2,1H3,(H,29,32). The Balaban J connectivity index is 1.53. The van der Waals surface area contributed by atoms with E-state index in [2.05, 4.69) is 10.5 Å². The number of amides is 2. The summed E-state index contributed by atoms with van der Waals surface area (Å²) in [6.07, 6.45) is -5.40. The summed E-state index contributed by atoms with van der Waals surface area (Å²) in [5, 5.41) is 6.38. The predicted molar refractivity (Wildman–Crippen MR) is 116 cm³/mol. The Bertz CT molecular complexity index is 1080. The van der Waals surface area contributed by atoms with E-state index in [-0.39, 0.29) is 40.4 Å². The monoisotopic (exact) mass is 503 g/mol. The molecule has 4 rings (SSSR count). The molecule has 2 aliphatic rings. The highest BCUT2D eigenvalue weighted by Gasteiger charge is 2.62. The van der Waals surface area contributed by atoms with E-state index in [1.165, 1.54) is 35.2 Å². The van der Waals surface area contributed by atoms with Crippen molar-refractivity contribution in [1.29, 1.82) is 0 Å². The first-order valence-electron chi connectivity index (χ1n) is 10.1. The summed E-state index contributed by atoms with van der Waals surface area (Å²) in [6.45, 7) is 2.00. The maximum Gasteiger partial charge on any atom is 0.435 e. The van der Waals surface area contributed by atoms with Crippen molar-refractivity contribution in [2.45, 2.75) is 30.8 Å². The van der Waals surface area contributed by atoms with Crippen LogP contribution in [0.4, 0.5) is 22.4 Å². The van der Waals surface area contributed by atoms with Gasteiger partial charge >= 0.3 is 12.2 Å². The first-order valence-corrected chi connectivity index (χ1v) is 10.8. The van der Waals surface area contributed by atoms with Gasteiger partial charge in [0.15, 0.2) is 5.67 Å². The zero-order valence-corrected chi connectivity index (χ0v) is 18.9. The van der Waals surface area contributed by atoms with Crippen LogP contribution < -0.4 is 5.32 Å². The summed E-state index contributed by atoms with van der Waals surface area (Å²) in [7, 11) is 0. The summed E-state index contributed by atoms with van der Waals surface area (Å²) in [5.74, 6) is 0. The largest absolute Gasteiger partial charge is 0.435 e. The van der Waals surface area contributed by atoms with E-state index < -0.39 is 23.9 Å². The molecule has 1 unspecified atom stereocenters. The molecule has 1 saturated heterocycles. The van der Waals surface area contributed by atoms with Crippen LogP contribution in [0.25, 0.3) is 0 Å². The van der Waals surface area contributed by atoms with Crippen LogP contribution in [0.15, 0.2) is 47.6 Å². The van der Waals surface area contributed by atoms with Crippen molar-refractivity contribution in [3.8, 4) is 0 Å². The van der Waals surface area contributed by atoms with Crippen molar-refractivity contribution >= 4 is 34.9 Å². The number of likely N-dealkylation sites (tertiary alicyclic amines) is 1. The number of benzene rings is 2. The summed E-state index contributed by atoms with van der Waals surface area (Å²) in [5.41, 5.74) is -3.97. The Labute approximate surface area is 197 Å². The summed E-state index contributed by atoms with van der Waals surface area (Å²) in [4.78, 5) is 18.1. The van der Waals surface area contributed by atoms with E-state index >= 15 is 4.39 Å². The highest BCUT2D eigenvalue weighted by atomic mass is 35.5. The van der Waals surface area contributed by atoms with Crippen LogP contribution in [0, 0.1) is 0 Å². The number of alkyl halides is 4. The molecule has 0 spiro atoms. The van der Waals surface area contributed by atoms with Gasteiger partial charge in [0.1, 0.15) is 0 Å². The third-order valence-electron chi connectivity index (χ3n) is 5.75. The lowest BCUT2D eigenvalue weighted by atomic mass is 9.85. The van der Waals surface area contributed by atoms with E-state index in [0.29, 0.717) is 17.7 Å². The van der Waals surface area contributed by atoms with Gasteiger partial charge in [0.25, 0.3) is 5.60 Å². The first kappa shape index (κ1) is 23.6. The number of oxime groups is 1. The number of carbonyl (C=O) groups excluding carboxylic acids is 1. The number of urea groups is 1. The Morgan fingerprint density at radius 2 is 1.73 bits per heavy atom. The van der Waals surface area contributed by atoms with Crippen molar-refractivity contribution in [3.63, 3.8) is 0 Å². The Hall–Kier alpha value is -2.52. The van der Waals surface area contributed by atoms with Crippen LogP contribution in [-0.4, -0.2) is 42.5 Å². The van der Waals surface area contributed by atoms with Crippen molar-refractivity contribution in [3.05, 3.63) is 69.2 Å². The number of hydrogen-bond donors (Lipinski definition) is 1. The fourth-order valence-electron chi connectivity index (χ4n) is 3.95. The van der Waals surface area contributed by atoms with Gasteiger partial charge in [0.2, 0.25) is 0 Å². The molecule has 176 valence electrons. The molecular weight excluding hydrogens is 485 g/mol. The van der Waals surface area contributed by atoms with Gasteiger partial charge in [0.05, 0.1) is 18.8 Å². The lowest BCUT2D eigenvalue weighted by Gasteiger charge is -2.44.